The second kappa shape index (κ2) is 7.89. The van der Waals surface area contributed by atoms with Gasteiger partial charge in [0.2, 0.25) is 0 Å². The molecule has 140 valence electrons. The Kier molecular flexibility index (Phi) is 5.57. The molecule has 0 spiro atoms. The minimum atomic E-state index is -0.597. The molecule has 0 bridgehead atoms. The van der Waals surface area contributed by atoms with Crippen LogP contribution in [0.25, 0.3) is 10.2 Å². The van der Waals surface area contributed by atoms with Crippen LogP contribution in [0.15, 0.2) is 41.4 Å². The zero-order chi connectivity index (χ0) is 19.6. The molecule has 27 heavy (non-hydrogen) atoms. The molecule has 1 amide bonds. The summed E-state index contributed by atoms with van der Waals surface area (Å²) in [6.07, 6.45) is 0. The topological polar surface area (TPSA) is 69.9 Å². The third-order valence-corrected chi connectivity index (χ3v) is 5.03. The van der Waals surface area contributed by atoms with Crippen molar-refractivity contribution < 1.29 is 23.5 Å². The van der Waals surface area contributed by atoms with E-state index in [1.165, 1.54) is 43.1 Å². The van der Waals surface area contributed by atoms with Crippen molar-refractivity contribution in [2.45, 2.75) is 6.54 Å². The van der Waals surface area contributed by atoms with Gasteiger partial charge in [-0.25, -0.2) is 4.39 Å². The van der Waals surface area contributed by atoms with E-state index in [1.54, 1.807) is 12.1 Å². The van der Waals surface area contributed by atoms with Crippen molar-refractivity contribution in [2.24, 2.45) is 4.99 Å². The quantitative estimate of drug-likeness (QED) is 0.620. The maximum absolute atomic E-state index is 13.6. The van der Waals surface area contributed by atoms with Crippen molar-refractivity contribution in [3.8, 4) is 5.75 Å². The first-order valence-corrected chi connectivity index (χ1v) is 8.90. The second-order valence-electron chi connectivity index (χ2n) is 5.42. The van der Waals surface area contributed by atoms with Gasteiger partial charge in [-0.05, 0) is 36.4 Å². The molecule has 0 aliphatic heterocycles. The Labute approximate surface area is 162 Å². The van der Waals surface area contributed by atoms with Crippen LogP contribution in [0.3, 0.4) is 0 Å². The van der Waals surface area contributed by atoms with Crippen LogP contribution in [-0.4, -0.2) is 30.7 Å². The summed E-state index contributed by atoms with van der Waals surface area (Å²) in [5.74, 6) is -1.23. The fourth-order valence-electron chi connectivity index (χ4n) is 2.47. The molecular weight excluding hydrogens is 395 g/mol. The SMILES string of the molecule is COC(=O)Cn1c(=NC(=O)c2cc(Cl)ccc2OC)sc2cc(F)ccc21. The molecule has 0 aliphatic rings. The average Bonchev–Trinajstić information content (AvgIpc) is 2.97. The molecule has 6 nitrogen and oxygen atoms in total. The van der Waals surface area contributed by atoms with Crippen LogP contribution < -0.4 is 9.54 Å². The van der Waals surface area contributed by atoms with E-state index in [0.717, 1.165) is 11.3 Å². The van der Waals surface area contributed by atoms with Crippen molar-refractivity contribution in [3.05, 3.63) is 57.6 Å². The van der Waals surface area contributed by atoms with Gasteiger partial charge in [0.25, 0.3) is 5.91 Å². The van der Waals surface area contributed by atoms with Gasteiger partial charge < -0.3 is 14.0 Å². The number of fused-ring (bicyclic) bond motifs is 1. The predicted octanol–water partition coefficient (Wildman–Crippen LogP) is 3.42. The van der Waals surface area contributed by atoms with E-state index in [4.69, 9.17) is 21.1 Å². The monoisotopic (exact) mass is 408 g/mol. The predicted molar refractivity (Wildman–Crippen MR) is 99.7 cm³/mol. The Morgan fingerprint density at radius 1 is 1.22 bits per heavy atom. The van der Waals surface area contributed by atoms with Crippen molar-refractivity contribution >= 4 is 45.0 Å². The Morgan fingerprint density at radius 3 is 2.70 bits per heavy atom. The number of esters is 1. The Balaban J connectivity index is 2.17. The number of amides is 1. The minimum Gasteiger partial charge on any atom is -0.496 e. The number of rotatable bonds is 4. The number of methoxy groups -OCH3 is 2. The third kappa shape index (κ3) is 4.01. The largest absolute Gasteiger partial charge is 0.496 e. The zero-order valence-corrected chi connectivity index (χ0v) is 15.9. The number of aromatic nitrogens is 1. The normalized spacial score (nSPS) is 11.6. The van der Waals surface area contributed by atoms with E-state index in [9.17, 15) is 14.0 Å². The number of carbonyl (C=O) groups is 2. The zero-order valence-electron chi connectivity index (χ0n) is 14.4. The molecule has 3 aromatic rings. The molecule has 0 unspecified atom stereocenters. The average molecular weight is 409 g/mol. The van der Waals surface area contributed by atoms with Gasteiger partial charge in [-0.15, -0.1) is 0 Å². The highest BCUT2D eigenvalue weighted by Crippen LogP contribution is 2.24. The molecule has 0 saturated heterocycles. The first kappa shape index (κ1) is 19.1. The van der Waals surface area contributed by atoms with Crippen molar-refractivity contribution in [2.75, 3.05) is 14.2 Å². The summed E-state index contributed by atoms with van der Waals surface area (Å²) in [4.78, 5) is 28.8. The lowest BCUT2D eigenvalue weighted by Crippen LogP contribution is -2.22. The lowest BCUT2D eigenvalue weighted by Gasteiger charge is -2.06. The number of halogens is 2. The molecule has 0 aliphatic carbocycles. The summed E-state index contributed by atoms with van der Waals surface area (Å²) < 4.78 is 25.5. The number of hydrogen-bond donors (Lipinski definition) is 0. The van der Waals surface area contributed by atoms with Crippen LogP contribution in [0.1, 0.15) is 10.4 Å². The van der Waals surface area contributed by atoms with Gasteiger partial charge in [0.05, 0.1) is 30.0 Å². The smallest absolute Gasteiger partial charge is 0.325 e. The lowest BCUT2D eigenvalue weighted by atomic mass is 10.2. The summed E-state index contributed by atoms with van der Waals surface area (Å²) in [6.45, 7) is -0.166. The first-order valence-electron chi connectivity index (χ1n) is 7.71. The number of thiazole rings is 1. The molecule has 0 saturated carbocycles. The maximum Gasteiger partial charge on any atom is 0.325 e. The molecule has 1 aromatic heterocycles. The molecule has 0 N–H and O–H groups in total. The summed E-state index contributed by atoms with van der Waals surface area (Å²) in [7, 11) is 2.69. The van der Waals surface area contributed by atoms with Gasteiger partial charge in [0, 0.05) is 5.02 Å². The number of benzene rings is 2. The van der Waals surface area contributed by atoms with Crippen LogP contribution in [0.4, 0.5) is 4.39 Å². The molecule has 9 heteroatoms. The van der Waals surface area contributed by atoms with Crippen LogP contribution >= 0.6 is 22.9 Å². The summed E-state index contributed by atoms with van der Waals surface area (Å²) in [5, 5.41) is 0.357. The lowest BCUT2D eigenvalue weighted by molar-refractivity contribution is -0.141. The molecule has 3 rings (SSSR count). The standard InChI is InChI=1S/C18H14ClFN2O4S/c1-25-14-6-3-10(19)7-12(14)17(24)21-18-22(9-16(23)26-2)13-5-4-11(20)8-15(13)27-18/h3-8H,9H2,1-2H3. The Hall–Kier alpha value is -2.71. The van der Waals surface area contributed by atoms with Crippen LogP contribution in [-0.2, 0) is 16.1 Å². The second-order valence-corrected chi connectivity index (χ2v) is 6.87. The highest BCUT2D eigenvalue weighted by atomic mass is 35.5. The highest BCUT2D eigenvalue weighted by molar-refractivity contribution is 7.16. The van der Waals surface area contributed by atoms with E-state index in [0.29, 0.717) is 21.0 Å². The van der Waals surface area contributed by atoms with E-state index in [1.807, 2.05) is 0 Å². The number of nitrogens with zero attached hydrogens (tertiary/aromatic N) is 2. The minimum absolute atomic E-state index is 0.166. The van der Waals surface area contributed by atoms with E-state index < -0.39 is 17.7 Å². The summed E-state index contributed by atoms with van der Waals surface area (Å²) >= 11 is 7.05. The van der Waals surface area contributed by atoms with Crippen molar-refractivity contribution in [1.82, 2.24) is 4.57 Å². The maximum atomic E-state index is 13.6. The fourth-order valence-corrected chi connectivity index (χ4v) is 3.70. The van der Waals surface area contributed by atoms with Gasteiger partial charge in [-0.3, -0.25) is 9.59 Å². The number of carbonyl (C=O) groups excluding carboxylic acids is 2. The van der Waals surface area contributed by atoms with Gasteiger partial charge in [-0.1, -0.05) is 22.9 Å². The van der Waals surface area contributed by atoms with Gasteiger partial charge in [0.1, 0.15) is 18.1 Å². The van der Waals surface area contributed by atoms with Crippen molar-refractivity contribution in [3.63, 3.8) is 0 Å². The fraction of sp³-hybridized carbons (Fsp3) is 0.167. The highest BCUT2D eigenvalue weighted by Gasteiger charge is 2.15. The molecular formula is C18H14ClFN2O4S. The molecule has 1 heterocycles. The van der Waals surface area contributed by atoms with Gasteiger partial charge in [0.15, 0.2) is 4.80 Å². The van der Waals surface area contributed by atoms with Crippen molar-refractivity contribution in [1.29, 1.82) is 0 Å². The van der Waals surface area contributed by atoms with Crippen LogP contribution in [0.2, 0.25) is 5.02 Å². The van der Waals surface area contributed by atoms with E-state index in [-0.39, 0.29) is 16.9 Å². The van der Waals surface area contributed by atoms with Crippen LogP contribution in [0, 0.1) is 5.82 Å². The Bertz CT molecular complexity index is 1110. The third-order valence-electron chi connectivity index (χ3n) is 3.75. The molecule has 0 atom stereocenters. The molecule has 2 aromatic carbocycles. The molecule has 0 radical (unpaired) electrons. The van der Waals surface area contributed by atoms with E-state index in [2.05, 4.69) is 4.99 Å². The summed E-state index contributed by atoms with van der Waals surface area (Å²) in [6, 6.07) is 8.72. The number of hydrogen-bond acceptors (Lipinski definition) is 5. The first-order chi connectivity index (χ1) is 12.9. The van der Waals surface area contributed by atoms with E-state index >= 15 is 0 Å². The number of ether oxygens (including phenoxy) is 2. The summed E-state index contributed by atoms with van der Waals surface area (Å²) in [5.41, 5.74) is 0.745. The van der Waals surface area contributed by atoms with Gasteiger partial charge >= 0.3 is 5.97 Å². The molecule has 0 fully saturated rings. The van der Waals surface area contributed by atoms with Gasteiger partial charge in [-0.2, -0.15) is 4.99 Å². The Morgan fingerprint density at radius 2 is 2.00 bits per heavy atom. The van der Waals surface area contributed by atoms with Crippen LogP contribution in [0.5, 0.6) is 5.75 Å².